The van der Waals surface area contributed by atoms with E-state index < -0.39 is 0 Å². The molecular formula is C21H34IN3O2. The van der Waals surface area contributed by atoms with Crippen molar-refractivity contribution >= 4 is 29.9 Å². The van der Waals surface area contributed by atoms with E-state index in [9.17, 15) is 0 Å². The van der Waals surface area contributed by atoms with Gasteiger partial charge in [0.1, 0.15) is 0 Å². The number of nitrogens with one attached hydrogen (secondary N) is 1. The van der Waals surface area contributed by atoms with Crippen molar-refractivity contribution in [2.45, 2.75) is 32.1 Å². The third-order valence-corrected chi connectivity index (χ3v) is 5.51. The van der Waals surface area contributed by atoms with E-state index in [1.807, 2.05) is 7.05 Å². The highest BCUT2D eigenvalue weighted by molar-refractivity contribution is 14.0. The lowest BCUT2D eigenvalue weighted by Crippen LogP contribution is -2.41. The van der Waals surface area contributed by atoms with Gasteiger partial charge in [-0.1, -0.05) is 30.3 Å². The fraction of sp³-hybridized carbons (Fsp3) is 0.667. The summed E-state index contributed by atoms with van der Waals surface area (Å²) in [5, 5.41) is 3.51. The predicted octanol–water partition coefficient (Wildman–Crippen LogP) is 3.33. The number of hydrogen-bond acceptors (Lipinski definition) is 3. The van der Waals surface area contributed by atoms with Crippen LogP contribution in [0.1, 0.15) is 31.2 Å². The van der Waals surface area contributed by atoms with Crippen molar-refractivity contribution in [1.82, 2.24) is 10.2 Å². The molecule has 1 N–H and O–H groups in total. The van der Waals surface area contributed by atoms with E-state index in [0.29, 0.717) is 5.41 Å². The minimum Gasteiger partial charge on any atom is -0.381 e. The monoisotopic (exact) mass is 487 g/mol. The molecule has 0 aromatic heterocycles. The zero-order valence-corrected chi connectivity index (χ0v) is 18.8. The summed E-state index contributed by atoms with van der Waals surface area (Å²) in [7, 11) is 1.88. The molecule has 0 radical (unpaired) electrons. The van der Waals surface area contributed by atoms with E-state index in [0.717, 1.165) is 71.3 Å². The molecule has 2 fully saturated rings. The van der Waals surface area contributed by atoms with Crippen molar-refractivity contribution < 1.29 is 9.47 Å². The van der Waals surface area contributed by atoms with Gasteiger partial charge in [0.2, 0.25) is 0 Å². The summed E-state index contributed by atoms with van der Waals surface area (Å²) < 4.78 is 11.4. The number of unbranched alkanes of at least 4 members (excludes halogenated alkanes) is 1. The zero-order valence-electron chi connectivity index (χ0n) is 16.5. The number of aliphatic imine (C=N–C) groups is 1. The van der Waals surface area contributed by atoms with E-state index in [1.165, 1.54) is 18.4 Å². The Kier molecular flexibility index (Phi) is 9.86. The van der Waals surface area contributed by atoms with Crippen LogP contribution < -0.4 is 5.32 Å². The number of rotatable bonds is 8. The van der Waals surface area contributed by atoms with Crippen LogP contribution in [0.15, 0.2) is 35.3 Å². The highest BCUT2D eigenvalue weighted by atomic mass is 127. The molecule has 3 rings (SSSR count). The van der Waals surface area contributed by atoms with Gasteiger partial charge < -0.3 is 19.7 Å². The first-order valence-electron chi connectivity index (χ1n) is 9.96. The first-order valence-corrected chi connectivity index (χ1v) is 9.96. The molecular weight excluding hydrogens is 453 g/mol. The van der Waals surface area contributed by atoms with Gasteiger partial charge in [0.15, 0.2) is 5.96 Å². The van der Waals surface area contributed by atoms with Gasteiger partial charge in [-0.2, -0.15) is 0 Å². The van der Waals surface area contributed by atoms with Gasteiger partial charge in [0.25, 0.3) is 0 Å². The molecule has 2 saturated heterocycles. The predicted molar refractivity (Wildman–Crippen MR) is 121 cm³/mol. The summed E-state index contributed by atoms with van der Waals surface area (Å²) >= 11 is 0. The second-order valence-corrected chi connectivity index (χ2v) is 7.50. The van der Waals surface area contributed by atoms with Gasteiger partial charge >= 0.3 is 0 Å². The molecule has 1 atom stereocenters. The van der Waals surface area contributed by atoms with E-state index in [-0.39, 0.29) is 24.0 Å². The van der Waals surface area contributed by atoms with Gasteiger partial charge in [0.05, 0.1) is 13.2 Å². The van der Waals surface area contributed by atoms with Gasteiger partial charge in [-0.3, -0.25) is 4.99 Å². The normalized spacial score (nSPS) is 22.3. The Morgan fingerprint density at radius 3 is 2.81 bits per heavy atom. The summed E-state index contributed by atoms with van der Waals surface area (Å²) in [5.74, 6) is 1.04. The van der Waals surface area contributed by atoms with Crippen LogP contribution in [0.3, 0.4) is 0 Å². The van der Waals surface area contributed by atoms with Crippen LogP contribution in [-0.4, -0.2) is 64.0 Å². The second-order valence-electron chi connectivity index (χ2n) is 7.50. The van der Waals surface area contributed by atoms with Crippen LogP contribution in [0.4, 0.5) is 0 Å². The topological polar surface area (TPSA) is 46.1 Å². The lowest BCUT2D eigenvalue weighted by Gasteiger charge is -2.24. The van der Waals surface area contributed by atoms with E-state index in [1.54, 1.807) is 0 Å². The van der Waals surface area contributed by atoms with Crippen LogP contribution in [0.5, 0.6) is 0 Å². The summed E-state index contributed by atoms with van der Waals surface area (Å²) in [5.41, 5.74) is 1.72. The number of benzene rings is 1. The fourth-order valence-corrected chi connectivity index (χ4v) is 3.89. The fourth-order valence-electron chi connectivity index (χ4n) is 3.89. The molecule has 1 aromatic rings. The van der Waals surface area contributed by atoms with Gasteiger partial charge in [-0.25, -0.2) is 0 Å². The molecule has 2 aliphatic rings. The number of halogens is 1. The number of guanidine groups is 1. The zero-order chi connectivity index (χ0) is 18.1. The van der Waals surface area contributed by atoms with Crippen molar-refractivity contribution in [3.05, 3.63) is 35.9 Å². The Labute approximate surface area is 180 Å². The first-order chi connectivity index (χ1) is 12.8. The van der Waals surface area contributed by atoms with E-state index in [4.69, 9.17) is 9.47 Å². The lowest BCUT2D eigenvalue weighted by atomic mass is 9.87. The summed E-state index contributed by atoms with van der Waals surface area (Å²) in [6, 6.07) is 10.5. The quantitative estimate of drug-likeness (QED) is 0.265. The van der Waals surface area contributed by atoms with Crippen molar-refractivity contribution in [2.24, 2.45) is 10.4 Å². The molecule has 152 valence electrons. The summed E-state index contributed by atoms with van der Waals surface area (Å²) in [6.07, 6.45) is 5.60. The standard InChI is InChI=1S/C21H33N3O2.HI/c1-22-20(24-13-10-21(17-24)11-16-26-18-21)23-12-5-6-14-25-15-9-19-7-3-2-4-8-19;/h2-4,7-8H,5-6,9-18H2,1H3,(H,22,23);1H. The average Bonchev–Trinajstić information content (AvgIpc) is 3.31. The summed E-state index contributed by atoms with van der Waals surface area (Å²) in [4.78, 5) is 6.86. The van der Waals surface area contributed by atoms with Gasteiger partial charge in [-0.05, 0) is 37.7 Å². The average molecular weight is 487 g/mol. The Balaban J connectivity index is 0.00000261. The Morgan fingerprint density at radius 1 is 1.22 bits per heavy atom. The minimum absolute atomic E-state index is 0. The van der Waals surface area contributed by atoms with Crippen molar-refractivity contribution in [3.63, 3.8) is 0 Å². The van der Waals surface area contributed by atoms with E-state index in [2.05, 4.69) is 45.5 Å². The maximum Gasteiger partial charge on any atom is 0.193 e. The Hall–Kier alpha value is -0.860. The highest BCUT2D eigenvalue weighted by Crippen LogP contribution is 2.38. The third-order valence-electron chi connectivity index (χ3n) is 5.51. The maximum atomic E-state index is 5.75. The number of likely N-dealkylation sites (tertiary alicyclic amines) is 1. The van der Waals surface area contributed by atoms with Gasteiger partial charge in [0, 0.05) is 45.3 Å². The third kappa shape index (κ3) is 6.91. The molecule has 1 unspecified atom stereocenters. The molecule has 27 heavy (non-hydrogen) atoms. The van der Waals surface area contributed by atoms with Crippen molar-refractivity contribution in [3.8, 4) is 0 Å². The van der Waals surface area contributed by atoms with Crippen LogP contribution in [0.2, 0.25) is 0 Å². The molecule has 0 aliphatic carbocycles. The molecule has 0 bridgehead atoms. The van der Waals surface area contributed by atoms with Gasteiger partial charge in [-0.15, -0.1) is 24.0 Å². The van der Waals surface area contributed by atoms with Crippen LogP contribution in [0, 0.1) is 5.41 Å². The molecule has 1 aromatic carbocycles. The molecule has 5 nitrogen and oxygen atoms in total. The second kappa shape index (κ2) is 11.9. The van der Waals surface area contributed by atoms with Crippen LogP contribution in [-0.2, 0) is 15.9 Å². The number of hydrogen-bond donors (Lipinski definition) is 1. The van der Waals surface area contributed by atoms with Crippen molar-refractivity contribution in [1.29, 1.82) is 0 Å². The van der Waals surface area contributed by atoms with E-state index >= 15 is 0 Å². The van der Waals surface area contributed by atoms with Crippen LogP contribution in [0.25, 0.3) is 0 Å². The highest BCUT2D eigenvalue weighted by Gasteiger charge is 2.42. The molecule has 6 heteroatoms. The molecule has 1 spiro atoms. The minimum atomic E-state index is 0. The SMILES string of the molecule is CN=C(NCCCCOCCc1ccccc1)N1CCC2(CCOC2)C1.I. The molecule has 2 heterocycles. The molecule has 2 aliphatic heterocycles. The Morgan fingerprint density at radius 2 is 2.07 bits per heavy atom. The molecule has 0 saturated carbocycles. The number of ether oxygens (including phenoxy) is 2. The smallest absolute Gasteiger partial charge is 0.193 e. The van der Waals surface area contributed by atoms with Crippen LogP contribution >= 0.6 is 24.0 Å². The maximum absolute atomic E-state index is 5.75. The van der Waals surface area contributed by atoms with Crippen molar-refractivity contribution in [2.75, 3.05) is 53.1 Å². The Bertz CT molecular complexity index is 562. The lowest BCUT2D eigenvalue weighted by molar-refractivity contribution is 0.133. The summed E-state index contributed by atoms with van der Waals surface area (Å²) in [6.45, 7) is 6.59. The molecule has 0 amide bonds. The largest absolute Gasteiger partial charge is 0.381 e. The number of nitrogens with zero attached hydrogens (tertiary/aromatic N) is 2. The first kappa shape index (κ1) is 22.4.